The summed E-state index contributed by atoms with van der Waals surface area (Å²) in [6.45, 7) is 1.77. The number of carbonyl (C=O) groups is 2. The van der Waals surface area contributed by atoms with Crippen molar-refractivity contribution >= 4 is 40.9 Å². The van der Waals surface area contributed by atoms with Gasteiger partial charge in [0.15, 0.2) is 5.82 Å². The van der Waals surface area contributed by atoms with Crippen molar-refractivity contribution in [3.8, 4) is 5.69 Å². The van der Waals surface area contributed by atoms with E-state index in [1.807, 2.05) is 0 Å². The van der Waals surface area contributed by atoms with E-state index in [1.165, 1.54) is 0 Å². The third-order valence-electron chi connectivity index (χ3n) is 3.46. The van der Waals surface area contributed by atoms with Crippen molar-refractivity contribution in [2.24, 2.45) is 0 Å². The van der Waals surface area contributed by atoms with Crippen LogP contribution in [0.3, 0.4) is 0 Å². The molecule has 1 aliphatic rings. The number of carbonyl (C=O) groups excluding carboxylic acids is 1. The number of carboxylic acid groups (broad SMARTS) is 1. The van der Waals surface area contributed by atoms with Gasteiger partial charge in [0.05, 0.1) is 17.3 Å². The van der Waals surface area contributed by atoms with Crippen LogP contribution in [-0.2, 0) is 14.3 Å². The quantitative estimate of drug-likeness (QED) is 0.658. The number of benzene rings is 1. The molecule has 0 bridgehead atoms. The molecule has 0 unspecified atom stereocenters. The number of hydrogen-bond acceptors (Lipinski definition) is 5. The van der Waals surface area contributed by atoms with Gasteiger partial charge in [-0.2, -0.15) is 18.3 Å². The lowest BCUT2D eigenvalue weighted by molar-refractivity contribution is -0.192. The number of hydrogen-bond donors (Lipinski definition) is 3. The maximum Gasteiger partial charge on any atom is 0.490 e. The lowest BCUT2D eigenvalue weighted by Crippen LogP contribution is -2.45. The second-order valence-corrected chi connectivity index (χ2v) is 6.44. The predicted octanol–water partition coefficient (Wildman–Crippen LogP) is 2.74. The predicted molar refractivity (Wildman–Crippen MR) is 98.5 cm³/mol. The number of anilines is 1. The van der Waals surface area contributed by atoms with Crippen LogP contribution in [0.2, 0.25) is 10.0 Å². The van der Waals surface area contributed by atoms with E-state index in [-0.39, 0.29) is 5.91 Å². The van der Waals surface area contributed by atoms with Crippen LogP contribution in [0.5, 0.6) is 0 Å². The summed E-state index contributed by atoms with van der Waals surface area (Å²) in [6, 6.07) is 6.82. The smallest absolute Gasteiger partial charge is 0.475 e. The molecule has 1 amide bonds. The summed E-state index contributed by atoms with van der Waals surface area (Å²) in [7, 11) is 0. The summed E-state index contributed by atoms with van der Waals surface area (Å²) in [5.41, 5.74) is 0.683. The highest BCUT2D eigenvalue weighted by Crippen LogP contribution is 2.24. The number of carboxylic acids is 1. The maximum absolute atomic E-state index is 12.1. The van der Waals surface area contributed by atoms with Crippen molar-refractivity contribution in [1.82, 2.24) is 15.1 Å². The molecule has 2 aromatic rings. The molecule has 0 saturated carbocycles. The van der Waals surface area contributed by atoms with Crippen LogP contribution in [-0.4, -0.2) is 58.7 Å². The first-order valence-electron chi connectivity index (χ1n) is 8.02. The van der Waals surface area contributed by atoms with Crippen molar-refractivity contribution in [3.05, 3.63) is 40.5 Å². The molecule has 1 aromatic heterocycles. The van der Waals surface area contributed by atoms with Crippen LogP contribution >= 0.6 is 23.2 Å². The van der Waals surface area contributed by atoms with Crippen molar-refractivity contribution in [1.29, 1.82) is 0 Å². The van der Waals surface area contributed by atoms with Gasteiger partial charge < -0.3 is 20.5 Å². The average Bonchev–Trinajstić information content (AvgIpc) is 3.10. The molecule has 8 nitrogen and oxygen atoms in total. The largest absolute Gasteiger partial charge is 0.490 e. The summed E-state index contributed by atoms with van der Waals surface area (Å²) >= 11 is 12.0. The summed E-state index contributed by atoms with van der Waals surface area (Å²) in [6.07, 6.45) is -3.87. The van der Waals surface area contributed by atoms with Gasteiger partial charge in [0, 0.05) is 30.4 Å². The number of nitrogens with one attached hydrogen (secondary N) is 2. The summed E-state index contributed by atoms with van der Waals surface area (Å²) in [5, 5.41) is 18.3. The molecular formula is C16H15Cl2F3N4O4. The van der Waals surface area contributed by atoms with E-state index in [2.05, 4.69) is 15.7 Å². The van der Waals surface area contributed by atoms with Crippen LogP contribution in [0.25, 0.3) is 5.69 Å². The van der Waals surface area contributed by atoms with Crippen LogP contribution in [0.1, 0.15) is 0 Å². The van der Waals surface area contributed by atoms with Crippen LogP contribution in [0, 0.1) is 0 Å². The molecule has 13 heteroatoms. The lowest BCUT2D eigenvalue weighted by Gasteiger charge is -2.22. The maximum atomic E-state index is 12.1. The molecule has 2 heterocycles. The average molecular weight is 455 g/mol. The molecule has 0 aliphatic carbocycles. The van der Waals surface area contributed by atoms with E-state index in [0.717, 1.165) is 6.54 Å². The monoisotopic (exact) mass is 454 g/mol. The Morgan fingerprint density at radius 3 is 2.55 bits per heavy atom. The fraction of sp³-hybridized carbons (Fsp3) is 0.312. The normalized spacial score (nSPS) is 16.5. The third kappa shape index (κ3) is 6.89. The molecule has 1 aromatic carbocycles. The van der Waals surface area contributed by atoms with E-state index < -0.39 is 18.2 Å². The number of nitrogens with zero attached hydrogens (tertiary/aromatic N) is 2. The molecule has 3 rings (SSSR count). The van der Waals surface area contributed by atoms with Gasteiger partial charge in [0.1, 0.15) is 6.10 Å². The second kappa shape index (κ2) is 9.92. The van der Waals surface area contributed by atoms with E-state index in [0.29, 0.717) is 34.7 Å². The number of aliphatic carboxylic acids is 1. The molecule has 29 heavy (non-hydrogen) atoms. The molecule has 1 fully saturated rings. The van der Waals surface area contributed by atoms with Gasteiger partial charge in [0.25, 0.3) is 5.91 Å². The number of ether oxygens (including phenoxy) is 1. The van der Waals surface area contributed by atoms with E-state index in [1.54, 1.807) is 35.1 Å². The minimum absolute atomic E-state index is 0.223. The highest BCUT2D eigenvalue weighted by atomic mass is 35.5. The van der Waals surface area contributed by atoms with Gasteiger partial charge in [-0.1, -0.05) is 23.2 Å². The standard InChI is InChI=1S/C14H14Cl2N4O2.C2HF3O2/c15-9-1-2-11(10(16)7-9)20-5-3-13(19-20)18-14(21)12-8-17-4-6-22-12;3-2(4,5)1(6)7/h1-3,5,7,12,17H,4,6,8H2,(H,18,19,21);(H,6,7)/t12-;/m1./s1. The number of aromatic nitrogens is 2. The zero-order valence-corrected chi connectivity index (χ0v) is 16.1. The minimum Gasteiger partial charge on any atom is -0.475 e. The van der Waals surface area contributed by atoms with Gasteiger partial charge in [-0.15, -0.1) is 0 Å². The van der Waals surface area contributed by atoms with Crippen LogP contribution in [0.15, 0.2) is 30.5 Å². The Labute approximate surface area is 172 Å². The Kier molecular flexibility index (Phi) is 7.85. The van der Waals surface area contributed by atoms with Gasteiger partial charge >= 0.3 is 12.1 Å². The highest BCUT2D eigenvalue weighted by molar-refractivity contribution is 6.35. The molecule has 1 saturated heterocycles. The fourth-order valence-electron chi connectivity index (χ4n) is 2.13. The molecule has 158 valence electrons. The van der Waals surface area contributed by atoms with E-state index in [4.69, 9.17) is 37.8 Å². The van der Waals surface area contributed by atoms with Crippen molar-refractivity contribution < 1.29 is 32.6 Å². The van der Waals surface area contributed by atoms with Crippen molar-refractivity contribution in [2.75, 3.05) is 25.0 Å². The topological polar surface area (TPSA) is 105 Å². The Morgan fingerprint density at radius 2 is 2.00 bits per heavy atom. The molecule has 1 atom stereocenters. The van der Waals surface area contributed by atoms with Crippen LogP contribution < -0.4 is 10.6 Å². The summed E-state index contributed by atoms with van der Waals surface area (Å²) in [4.78, 5) is 21.0. The molecule has 0 radical (unpaired) electrons. The third-order valence-corrected chi connectivity index (χ3v) is 4.00. The van der Waals surface area contributed by atoms with Gasteiger partial charge in [-0.3, -0.25) is 4.79 Å². The Bertz CT molecular complexity index is 870. The number of alkyl halides is 3. The Morgan fingerprint density at radius 1 is 1.31 bits per heavy atom. The fourth-order valence-corrected chi connectivity index (χ4v) is 2.63. The van der Waals surface area contributed by atoms with Crippen molar-refractivity contribution in [2.45, 2.75) is 12.3 Å². The molecule has 0 spiro atoms. The Balaban J connectivity index is 0.000000370. The minimum atomic E-state index is -5.08. The second-order valence-electron chi connectivity index (χ2n) is 5.60. The Hall–Kier alpha value is -2.34. The summed E-state index contributed by atoms with van der Waals surface area (Å²) in [5.74, 6) is -2.54. The summed E-state index contributed by atoms with van der Waals surface area (Å²) < 4.78 is 38.7. The number of rotatable bonds is 3. The zero-order chi connectivity index (χ0) is 21.6. The van der Waals surface area contributed by atoms with Crippen molar-refractivity contribution in [3.63, 3.8) is 0 Å². The number of amides is 1. The number of halogens is 5. The van der Waals surface area contributed by atoms with Gasteiger partial charge in [-0.25, -0.2) is 9.48 Å². The number of morpholine rings is 1. The first-order chi connectivity index (χ1) is 13.6. The molecule has 1 aliphatic heterocycles. The molecule has 3 N–H and O–H groups in total. The SMILES string of the molecule is O=C(Nc1ccn(-c2ccc(Cl)cc2Cl)n1)[C@H]1CNCCO1.O=C(O)C(F)(F)F. The first kappa shape index (κ1) is 22.9. The zero-order valence-electron chi connectivity index (χ0n) is 14.5. The first-order valence-corrected chi connectivity index (χ1v) is 8.78. The van der Waals surface area contributed by atoms with Gasteiger partial charge in [-0.05, 0) is 18.2 Å². The van der Waals surface area contributed by atoms with Crippen LogP contribution in [0.4, 0.5) is 19.0 Å². The van der Waals surface area contributed by atoms with E-state index >= 15 is 0 Å². The lowest BCUT2D eigenvalue weighted by atomic mass is 10.3. The highest BCUT2D eigenvalue weighted by Gasteiger charge is 2.38. The van der Waals surface area contributed by atoms with E-state index in [9.17, 15) is 18.0 Å². The van der Waals surface area contributed by atoms with Gasteiger partial charge in [0.2, 0.25) is 0 Å². The molecular weight excluding hydrogens is 440 g/mol.